The molecule has 0 bridgehead atoms. The maximum absolute atomic E-state index is 9.60. The van der Waals surface area contributed by atoms with Crippen LogP contribution in [0.25, 0.3) is 0 Å². The largest absolute Gasteiger partial charge is 0.392 e. The molecule has 1 spiro atoms. The lowest BCUT2D eigenvalue weighted by atomic mass is 9.88. The van der Waals surface area contributed by atoms with Crippen LogP contribution in [0.1, 0.15) is 39.5 Å². The van der Waals surface area contributed by atoms with Crippen molar-refractivity contribution in [1.82, 2.24) is 0 Å². The predicted octanol–water partition coefficient (Wildman–Crippen LogP) is 2.93. The second kappa shape index (κ2) is 6.18. The van der Waals surface area contributed by atoms with Crippen molar-refractivity contribution in [2.45, 2.75) is 61.7 Å². The third kappa shape index (κ3) is 3.79. The molecular weight excluding hydrogens is 252 g/mol. The molecule has 0 radical (unpaired) electrons. The zero-order valence-electron chi connectivity index (χ0n) is 10.9. The van der Waals surface area contributed by atoms with Gasteiger partial charge in [0, 0.05) is 17.1 Å². The molecular formula is C13H24O2S2. The Bertz CT molecular complexity index is 234. The summed E-state index contributed by atoms with van der Waals surface area (Å²) in [4.78, 5) is 0. The summed E-state index contributed by atoms with van der Waals surface area (Å²) in [7, 11) is 0. The highest BCUT2D eigenvalue weighted by Gasteiger charge is 2.39. The van der Waals surface area contributed by atoms with Gasteiger partial charge in [0.2, 0.25) is 0 Å². The molecule has 3 unspecified atom stereocenters. The van der Waals surface area contributed by atoms with Gasteiger partial charge in [0.05, 0.1) is 11.7 Å². The number of rotatable bonds is 3. The molecule has 100 valence electrons. The van der Waals surface area contributed by atoms with Crippen molar-refractivity contribution >= 4 is 23.5 Å². The zero-order chi connectivity index (χ0) is 12.3. The quantitative estimate of drug-likeness (QED) is 0.858. The zero-order valence-corrected chi connectivity index (χ0v) is 12.5. The maximum Gasteiger partial charge on any atom is 0.0708 e. The summed E-state index contributed by atoms with van der Waals surface area (Å²) in [5.74, 6) is 2.51. The molecule has 17 heavy (non-hydrogen) atoms. The molecule has 0 aliphatic carbocycles. The highest BCUT2D eigenvalue weighted by molar-refractivity contribution is 8.00. The molecule has 2 nitrogen and oxygen atoms in total. The van der Waals surface area contributed by atoms with E-state index in [1.165, 1.54) is 30.8 Å². The van der Waals surface area contributed by atoms with Crippen LogP contribution in [0.3, 0.4) is 0 Å². The normalized spacial score (nSPS) is 32.3. The second-order valence-corrected chi connectivity index (χ2v) is 8.25. The second-order valence-electron chi connectivity index (χ2n) is 5.34. The molecule has 0 aromatic rings. The first-order chi connectivity index (χ1) is 8.11. The smallest absolute Gasteiger partial charge is 0.0708 e. The Morgan fingerprint density at radius 1 is 1.35 bits per heavy atom. The van der Waals surface area contributed by atoms with Gasteiger partial charge < -0.3 is 9.84 Å². The van der Waals surface area contributed by atoms with Crippen LogP contribution >= 0.6 is 23.5 Å². The summed E-state index contributed by atoms with van der Waals surface area (Å²) in [6.45, 7) is 4.94. The molecule has 0 amide bonds. The molecule has 3 atom stereocenters. The molecule has 2 fully saturated rings. The van der Waals surface area contributed by atoms with Crippen molar-refractivity contribution < 1.29 is 9.84 Å². The lowest BCUT2D eigenvalue weighted by Gasteiger charge is -2.43. The van der Waals surface area contributed by atoms with Crippen molar-refractivity contribution in [1.29, 1.82) is 0 Å². The fraction of sp³-hybridized carbons (Fsp3) is 1.00. The van der Waals surface area contributed by atoms with Gasteiger partial charge in [-0.1, -0.05) is 6.92 Å². The van der Waals surface area contributed by atoms with E-state index in [0.29, 0.717) is 10.5 Å². The Hall–Kier alpha value is 0.620. The third-order valence-corrected chi connectivity index (χ3v) is 6.53. The Morgan fingerprint density at radius 3 is 2.71 bits per heavy atom. The van der Waals surface area contributed by atoms with E-state index < -0.39 is 0 Å². The van der Waals surface area contributed by atoms with E-state index in [4.69, 9.17) is 4.74 Å². The van der Waals surface area contributed by atoms with E-state index in [9.17, 15) is 5.11 Å². The highest BCUT2D eigenvalue weighted by Crippen LogP contribution is 2.41. The van der Waals surface area contributed by atoms with Gasteiger partial charge in [0.15, 0.2) is 0 Å². The van der Waals surface area contributed by atoms with E-state index in [1.807, 2.05) is 18.7 Å². The lowest BCUT2D eigenvalue weighted by molar-refractivity contribution is -0.0805. The number of hydrogen-bond donors (Lipinski definition) is 1. The molecule has 0 saturated carbocycles. The van der Waals surface area contributed by atoms with E-state index in [0.717, 1.165) is 13.0 Å². The van der Waals surface area contributed by atoms with Crippen LogP contribution in [-0.4, -0.2) is 45.4 Å². The fourth-order valence-electron chi connectivity index (χ4n) is 2.61. The number of aliphatic hydroxyl groups excluding tert-OH is 1. The Labute approximate surface area is 113 Å². The van der Waals surface area contributed by atoms with Crippen molar-refractivity contribution in [3.8, 4) is 0 Å². The van der Waals surface area contributed by atoms with E-state index in [-0.39, 0.29) is 11.7 Å². The monoisotopic (exact) mass is 276 g/mol. The first-order valence-corrected chi connectivity index (χ1v) is 8.76. The minimum Gasteiger partial charge on any atom is -0.392 e. The van der Waals surface area contributed by atoms with Crippen LogP contribution in [0.2, 0.25) is 0 Å². The summed E-state index contributed by atoms with van der Waals surface area (Å²) >= 11 is 4.02. The Morgan fingerprint density at radius 2 is 2.06 bits per heavy atom. The number of aliphatic hydroxyl groups is 1. The first kappa shape index (κ1) is 14.0. The predicted molar refractivity (Wildman–Crippen MR) is 77.0 cm³/mol. The summed E-state index contributed by atoms with van der Waals surface area (Å²) < 4.78 is 6.09. The van der Waals surface area contributed by atoms with Crippen LogP contribution in [0.15, 0.2) is 0 Å². The molecule has 2 saturated heterocycles. The van der Waals surface area contributed by atoms with Gasteiger partial charge in [0.25, 0.3) is 0 Å². The van der Waals surface area contributed by atoms with Gasteiger partial charge in [0.1, 0.15) is 0 Å². The minimum absolute atomic E-state index is 0.180. The Kier molecular flexibility index (Phi) is 5.10. The topological polar surface area (TPSA) is 29.5 Å². The van der Waals surface area contributed by atoms with E-state index in [1.54, 1.807) is 0 Å². The number of thioether (sulfide) groups is 2. The number of ether oxygens (including phenoxy) is 1. The van der Waals surface area contributed by atoms with Crippen LogP contribution in [0.4, 0.5) is 0 Å². The van der Waals surface area contributed by atoms with Gasteiger partial charge in [-0.15, -0.1) is 0 Å². The average Bonchev–Trinajstić information content (AvgIpc) is 2.30. The molecule has 2 rings (SSSR count). The van der Waals surface area contributed by atoms with E-state index in [2.05, 4.69) is 18.7 Å². The molecule has 0 aromatic heterocycles. The fourth-order valence-corrected chi connectivity index (χ4v) is 5.31. The third-order valence-electron chi connectivity index (χ3n) is 3.94. The summed E-state index contributed by atoms with van der Waals surface area (Å²) in [6, 6.07) is 0. The molecule has 2 heterocycles. The Balaban J connectivity index is 1.88. The van der Waals surface area contributed by atoms with Gasteiger partial charge >= 0.3 is 0 Å². The van der Waals surface area contributed by atoms with Gasteiger partial charge in [-0.25, -0.2) is 0 Å². The molecule has 4 heteroatoms. The van der Waals surface area contributed by atoms with Gasteiger partial charge in [-0.3, -0.25) is 0 Å². The summed E-state index contributed by atoms with van der Waals surface area (Å²) in [5.41, 5.74) is 0.180. The summed E-state index contributed by atoms with van der Waals surface area (Å²) in [6.07, 6.45) is 4.57. The van der Waals surface area contributed by atoms with Crippen molar-refractivity contribution in [3.05, 3.63) is 0 Å². The van der Waals surface area contributed by atoms with E-state index >= 15 is 0 Å². The maximum atomic E-state index is 9.60. The van der Waals surface area contributed by atoms with Crippen molar-refractivity contribution in [2.75, 3.05) is 18.1 Å². The minimum atomic E-state index is -0.208. The number of hydrogen-bond acceptors (Lipinski definition) is 4. The first-order valence-electron chi connectivity index (χ1n) is 6.66. The van der Waals surface area contributed by atoms with Crippen LogP contribution < -0.4 is 0 Å². The molecule has 2 aliphatic rings. The standard InChI is InChI=1S/C13H24O2S2/c1-10(14)11(2)17-12-3-6-15-13(9-12)4-7-16-8-5-13/h10-12,14H,3-9H2,1-2H3. The van der Waals surface area contributed by atoms with Gasteiger partial charge in [-0.05, 0) is 44.1 Å². The van der Waals surface area contributed by atoms with Gasteiger partial charge in [-0.2, -0.15) is 23.5 Å². The van der Waals surface area contributed by atoms with Crippen LogP contribution in [0, 0.1) is 0 Å². The lowest BCUT2D eigenvalue weighted by Crippen LogP contribution is -2.44. The van der Waals surface area contributed by atoms with Crippen LogP contribution in [-0.2, 0) is 4.74 Å². The SMILES string of the molecule is CC(O)C(C)SC1CCOC2(CCSCC2)C1. The average molecular weight is 276 g/mol. The highest BCUT2D eigenvalue weighted by atomic mass is 32.2. The summed E-state index contributed by atoms with van der Waals surface area (Å²) in [5, 5.41) is 10.6. The van der Waals surface area contributed by atoms with Crippen molar-refractivity contribution in [2.24, 2.45) is 0 Å². The molecule has 2 aliphatic heterocycles. The molecule has 1 N–H and O–H groups in total. The molecule has 0 aromatic carbocycles. The van der Waals surface area contributed by atoms with Crippen molar-refractivity contribution in [3.63, 3.8) is 0 Å². The van der Waals surface area contributed by atoms with Crippen LogP contribution in [0.5, 0.6) is 0 Å².